The third-order valence-electron chi connectivity index (χ3n) is 9.67. The van der Waals surface area contributed by atoms with Crippen molar-refractivity contribution in [2.24, 2.45) is 0 Å². The number of aromatic nitrogens is 4. The molecule has 1 aromatic heterocycles. The molecule has 0 unspecified atom stereocenters. The van der Waals surface area contributed by atoms with Crippen LogP contribution in [0.4, 0.5) is 24.1 Å². The zero-order valence-electron chi connectivity index (χ0n) is 34.3. The summed E-state index contributed by atoms with van der Waals surface area (Å²) < 4.78 is 52.6. The second kappa shape index (κ2) is 17.0. The second-order valence-electron chi connectivity index (χ2n) is 16.7. The highest BCUT2D eigenvalue weighted by molar-refractivity contribution is 6.05. The number of rotatable bonds is 9. The maximum absolute atomic E-state index is 14.6. The number of H-pyrrole nitrogens is 1. The van der Waals surface area contributed by atoms with Gasteiger partial charge in [0.15, 0.2) is 11.6 Å². The van der Waals surface area contributed by atoms with Crippen molar-refractivity contribution in [3.05, 3.63) is 96.1 Å². The Morgan fingerprint density at radius 1 is 0.700 bits per heavy atom. The summed E-state index contributed by atoms with van der Waals surface area (Å²) in [6.07, 6.45) is -0.493. The van der Waals surface area contributed by atoms with E-state index in [2.05, 4.69) is 25.9 Å². The van der Waals surface area contributed by atoms with Gasteiger partial charge in [-0.15, -0.1) is 10.2 Å². The summed E-state index contributed by atoms with van der Waals surface area (Å²) in [4.78, 5) is 42.7. The smallest absolute Gasteiger partial charge is 0.410 e. The molecule has 16 heteroatoms. The number of hydrogen-bond donors (Lipinski definition) is 2. The number of ether oxygens (including phenoxy) is 4. The predicted octanol–water partition coefficient (Wildman–Crippen LogP) is 8.51. The Morgan fingerprint density at radius 2 is 1.28 bits per heavy atom. The van der Waals surface area contributed by atoms with E-state index in [1.165, 1.54) is 6.07 Å². The number of aromatic amines is 1. The molecule has 14 nitrogen and oxygen atoms in total. The molecular formula is C44H47F2N7O7. The minimum absolute atomic E-state index is 0.220. The first-order chi connectivity index (χ1) is 28.5. The van der Waals surface area contributed by atoms with Crippen LogP contribution in [-0.4, -0.2) is 98.1 Å². The number of anilines is 1. The van der Waals surface area contributed by atoms with Crippen LogP contribution >= 0.6 is 0 Å². The second-order valence-corrected chi connectivity index (χ2v) is 16.7. The van der Waals surface area contributed by atoms with Crippen LogP contribution in [0, 0.1) is 11.6 Å². The number of halogens is 2. The van der Waals surface area contributed by atoms with Crippen LogP contribution in [0.1, 0.15) is 64.7 Å². The molecule has 4 aromatic carbocycles. The molecule has 2 aliphatic rings. The number of likely N-dealkylation sites (tertiary alicyclic amines) is 2. The van der Waals surface area contributed by atoms with Gasteiger partial charge in [-0.3, -0.25) is 4.79 Å². The first-order valence-electron chi connectivity index (χ1n) is 19.7. The Labute approximate surface area is 346 Å². The van der Waals surface area contributed by atoms with Crippen molar-refractivity contribution < 1.29 is 42.1 Å². The van der Waals surface area contributed by atoms with Crippen LogP contribution in [-0.2, 0) is 9.47 Å². The highest BCUT2D eigenvalue weighted by atomic mass is 19.2. The molecule has 0 radical (unpaired) electrons. The fraction of sp³-hybridized carbons (Fsp3) is 0.364. The first-order valence-corrected chi connectivity index (χ1v) is 19.7. The van der Waals surface area contributed by atoms with Crippen LogP contribution < -0.4 is 14.8 Å². The summed E-state index contributed by atoms with van der Waals surface area (Å²) in [6, 6.07) is 20.9. The number of hydrogen-bond acceptors (Lipinski definition) is 10. The molecule has 2 N–H and O–H groups in total. The van der Waals surface area contributed by atoms with Crippen LogP contribution in [0.3, 0.4) is 0 Å². The van der Waals surface area contributed by atoms with Gasteiger partial charge >= 0.3 is 12.2 Å². The van der Waals surface area contributed by atoms with Crippen molar-refractivity contribution in [1.82, 2.24) is 30.4 Å². The molecule has 0 spiro atoms. The minimum atomic E-state index is -1.06. The van der Waals surface area contributed by atoms with Crippen molar-refractivity contribution in [3.8, 4) is 45.1 Å². The molecule has 0 aliphatic carbocycles. The van der Waals surface area contributed by atoms with E-state index in [4.69, 9.17) is 18.9 Å². The predicted molar refractivity (Wildman–Crippen MR) is 218 cm³/mol. The SMILES string of the molecule is CC(C)(C)OC(=O)N1CC[C@@H](Oc2ccc(NC(=O)c3ccc(O[C@H]4CCN(C(=O)OC(C)(C)C)C4)c(-c4ccc(F)c(F)c4)c3)cc2-c2cccc(-c3nn[nH]n3)c2)C1. The average molecular weight is 824 g/mol. The lowest BCUT2D eigenvalue weighted by Crippen LogP contribution is -2.36. The summed E-state index contributed by atoms with van der Waals surface area (Å²) in [5.74, 6) is -1.31. The third kappa shape index (κ3) is 10.2. The van der Waals surface area contributed by atoms with Gasteiger partial charge in [-0.1, -0.05) is 24.3 Å². The number of carbonyl (C=O) groups is 3. The summed E-state index contributed by atoms with van der Waals surface area (Å²) in [5.41, 5.74) is 2.11. The molecule has 2 fully saturated rings. The van der Waals surface area contributed by atoms with E-state index < -0.39 is 47.0 Å². The summed E-state index contributed by atoms with van der Waals surface area (Å²) in [7, 11) is 0. The lowest BCUT2D eigenvalue weighted by molar-refractivity contribution is 0.0266. The van der Waals surface area contributed by atoms with Crippen molar-refractivity contribution in [3.63, 3.8) is 0 Å². The largest absolute Gasteiger partial charge is 0.488 e. The van der Waals surface area contributed by atoms with E-state index in [-0.39, 0.29) is 18.2 Å². The molecule has 2 aliphatic heterocycles. The molecular weight excluding hydrogens is 777 g/mol. The van der Waals surface area contributed by atoms with E-state index in [1.54, 1.807) is 67.0 Å². The molecule has 0 bridgehead atoms. The van der Waals surface area contributed by atoms with Gasteiger partial charge in [0, 0.05) is 53.9 Å². The van der Waals surface area contributed by atoms with Crippen LogP contribution in [0.2, 0.25) is 0 Å². The van der Waals surface area contributed by atoms with Crippen molar-refractivity contribution >= 4 is 23.8 Å². The van der Waals surface area contributed by atoms with Crippen LogP contribution in [0.15, 0.2) is 78.9 Å². The summed E-state index contributed by atoms with van der Waals surface area (Å²) >= 11 is 0. The number of tetrazole rings is 1. The van der Waals surface area contributed by atoms with Gasteiger partial charge < -0.3 is 34.1 Å². The molecule has 60 heavy (non-hydrogen) atoms. The molecule has 0 saturated carbocycles. The molecule has 2 saturated heterocycles. The molecule has 3 heterocycles. The number of carbonyl (C=O) groups excluding carboxylic acids is 3. The van der Waals surface area contributed by atoms with E-state index in [9.17, 15) is 23.2 Å². The Kier molecular flexibility index (Phi) is 11.7. The zero-order chi connectivity index (χ0) is 42.8. The molecule has 2 atom stereocenters. The van der Waals surface area contributed by atoms with Crippen molar-refractivity contribution in [2.75, 3.05) is 31.5 Å². The van der Waals surface area contributed by atoms with Gasteiger partial charge in [0.25, 0.3) is 5.91 Å². The zero-order valence-corrected chi connectivity index (χ0v) is 34.3. The van der Waals surface area contributed by atoms with E-state index in [1.807, 2.05) is 45.0 Å². The summed E-state index contributed by atoms with van der Waals surface area (Å²) in [5, 5.41) is 17.3. The lowest BCUT2D eigenvalue weighted by atomic mass is 10.00. The van der Waals surface area contributed by atoms with Gasteiger partial charge in [0.1, 0.15) is 34.9 Å². The maximum atomic E-state index is 14.6. The Morgan fingerprint density at radius 3 is 1.87 bits per heavy atom. The fourth-order valence-corrected chi connectivity index (χ4v) is 6.91. The third-order valence-corrected chi connectivity index (χ3v) is 9.67. The van der Waals surface area contributed by atoms with Gasteiger partial charge in [-0.2, -0.15) is 5.21 Å². The number of nitrogens with one attached hydrogen (secondary N) is 2. The Balaban J connectivity index is 1.15. The van der Waals surface area contributed by atoms with Crippen LogP contribution in [0.5, 0.6) is 11.5 Å². The monoisotopic (exact) mass is 823 g/mol. The van der Waals surface area contributed by atoms with E-state index in [0.717, 1.165) is 17.7 Å². The van der Waals surface area contributed by atoms with Gasteiger partial charge in [0.2, 0.25) is 5.82 Å². The standard InChI is InChI=1S/C44H47F2N7O7/c1-43(2,3)59-41(55)52-18-16-31(24-52)57-37-14-11-29(21-33(37)27-10-13-35(45)36(46)22-27)40(54)47-30-12-15-38(58-32-17-19-53(25-32)42(56)60-44(4,5)6)34(23-30)26-8-7-9-28(20-26)39-48-50-51-49-39/h7-15,20-23,31-32H,16-19,24-25H2,1-6H3,(H,47,54)(H,48,49,50,51)/t31-,32+/m0/s1. The minimum Gasteiger partial charge on any atom is -0.488 e. The molecule has 5 aromatic rings. The highest BCUT2D eigenvalue weighted by Crippen LogP contribution is 2.38. The average Bonchev–Trinajstić information content (AvgIpc) is 3.99. The number of benzene rings is 4. The molecule has 3 amide bonds. The van der Waals surface area contributed by atoms with Crippen LogP contribution in [0.25, 0.3) is 33.6 Å². The lowest BCUT2D eigenvalue weighted by Gasteiger charge is -2.24. The van der Waals surface area contributed by atoms with E-state index in [0.29, 0.717) is 77.7 Å². The molecule has 7 rings (SSSR count). The topological polar surface area (TPSA) is 161 Å². The highest BCUT2D eigenvalue weighted by Gasteiger charge is 2.33. The van der Waals surface area contributed by atoms with Gasteiger partial charge in [-0.25, -0.2) is 18.4 Å². The Hall–Kier alpha value is -6.58. The molecule has 314 valence electrons. The van der Waals surface area contributed by atoms with Gasteiger partial charge in [-0.05, 0) is 112 Å². The van der Waals surface area contributed by atoms with Gasteiger partial charge in [0.05, 0.1) is 13.1 Å². The summed E-state index contributed by atoms with van der Waals surface area (Å²) in [6.45, 7) is 12.3. The maximum Gasteiger partial charge on any atom is 0.410 e. The number of nitrogens with zero attached hydrogens (tertiary/aromatic N) is 5. The van der Waals surface area contributed by atoms with Crippen molar-refractivity contribution in [2.45, 2.75) is 77.8 Å². The quantitative estimate of drug-likeness (QED) is 0.148. The normalized spacial score (nSPS) is 16.7. The first kappa shape index (κ1) is 41.6. The van der Waals surface area contributed by atoms with Crippen molar-refractivity contribution in [1.29, 1.82) is 0 Å². The fourth-order valence-electron chi connectivity index (χ4n) is 6.91. The van der Waals surface area contributed by atoms with E-state index >= 15 is 0 Å². The Bertz CT molecular complexity index is 2380. The number of amides is 3.